The molecule has 1 aromatic carbocycles. The van der Waals surface area contributed by atoms with E-state index in [0.717, 1.165) is 22.3 Å². The Bertz CT molecular complexity index is 846. The van der Waals surface area contributed by atoms with Gasteiger partial charge in [0.15, 0.2) is 0 Å². The Morgan fingerprint density at radius 2 is 2.05 bits per heavy atom. The minimum atomic E-state index is -0.941. The Labute approximate surface area is 135 Å². The van der Waals surface area contributed by atoms with Crippen LogP contribution in [0.15, 0.2) is 30.6 Å². The molecule has 0 amide bonds. The summed E-state index contributed by atoms with van der Waals surface area (Å²) in [5.41, 5.74) is 1.74. The lowest BCUT2D eigenvalue weighted by atomic mass is 10.2. The number of aryl methyl sites for hydroxylation is 1. The summed E-state index contributed by atoms with van der Waals surface area (Å²) in [5, 5.41) is 13.9. The van der Waals surface area contributed by atoms with Gasteiger partial charge >= 0.3 is 5.97 Å². The fourth-order valence-corrected chi connectivity index (χ4v) is 3.31. The van der Waals surface area contributed by atoms with Crippen LogP contribution in [0.4, 0.5) is 5.82 Å². The number of nitrogens with zero attached hydrogens (tertiary/aromatic N) is 2. The van der Waals surface area contributed by atoms with Crippen LogP contribution in [0.3, 0.4) is 0 Å². The van der Waals surface area contributed by atoms with E-state index in [1.807, 2.05) is 24.3 Å². The predicted octanol–water partition coefficient (Wildman–Crippen LogP) is 3.96. The molecule has 112 valence electrons. The number of nitrogens with one attached hydrogen (secondary N) is 1. The van der Waals surface area contributed by atoms with Crippen LogP contribution in [0, 0.1) is 6.92 Å². The normalized spacial score (nSPS) is 10.8. The van der Waals surface area contributed by atoms with Crippen LogP contribution >= 0.6 is 22.9 Å². The van der Waals surface area contributed by atoms with E-state index in [-0.39, 0.29) is 0 Å². The molecule has 5 nitrogen and oxygen atoms in total. The summed E-state index contributed by atoms with van der Waals surface area (Å²) in [6.45, 7) is 2.35. The molecule has 0 aliphatic heterocycles. The number of aromatic nitrogens is 2. The Morgan fingerprint density at radius 1 is 1.32 bits per heavy atom. The Hall–Kier alpha value is -2.18. The molecule has 2 heterocycles. The molecule has 0 spiro atoms. The molecule has 0 aliphatic rings. The number of carbonyl (C=O) groups is 1. The predicted molar refractivity (Wildman–Crippen MR) is 87.9 cm³/mol. The zero-order valence-corrected chi connectivity index (χ0v) is 13.2. The Balaban J connectivity index is 1.93. The summed E-state index contributed by atoms with van der Waals surface area (Å²) >= 11 is 7.03. The maximum atomic E-state index is 11.2. The maximum absolute atomic E-state index is 11.2. The van der Waals surface area contributed by atoms with Gasteiger partial charge in [0.2, 0.25) is 0 Å². The number of carboxylic acid groups (broad SMARTS) is 1. The van der Waals surface area contributed by atoms with E-state index in [1.54, 1.807) is 6.92 Å². The number of halogens is 1. The van der Waals surface area contributed by atoms with Crippen molar-refractivity contribution in [2.24, 2.45) is 0 Å². The molecule has 3 aromatic rings. The first-order valence-electron chi connectivity index (χ1n) is 6.52. The Kier molecular flexibility index (Phi) is 3.96. The van der Waals surface area contributed by atoms with Gasteiger partial charge in [-0.25, -0.2) is 14.8 Å². The van der Waals surface area contributed by atoms with Crippen LogP contribution in [0.25, 0.3) is 10.2 Å². The van der Waals surface area contributed by atoms with Crippen LogP contribution in [0.5, 0.6) is 0 Å². The molecule has 0 fully saturated rings. The third-order valence-corrected chi connectivity index (χ3v) is 4.73. The average Bonchev–Trinajstić information content (AvgIpc) is 2.85. The summed E-state index contributed by atoms with van der Waals surface area (Å²) in [6.07, 6.45) is 1.44. The van der Waals surface area contributed by atoms with Gasteiger partial charge in [0.05, 0.1) is 5.39 Å². The fraction of sp³-hybridized carbons (Fsp3) is 0.133. The van der Waals surface area contributed by atoms with Gasteiger partial charge in [-0.15, -0.1) is 11.3 Å². The summed E-state index contributed by atoms with van der Waals surface area (Å²) < 4.78 is 0. The summed E-state index contributed by atoms with van der Waals surface area (Å²) in [5.74, 6) is -0.301. The SMILES string of the molecule is Cc1c(C(=O)O)sc2ncnc(NCc3ccc(Cl)cc3)c12. The molecule has 0 unspecified atom stereocenters. The lowest BCUT2D eigenvalue weighted by Gasteiger charge is -2.07. The lowest BCUT2D eigenvalue weighted by molar-refractivity contribution is 0.0701. The van der Waals surface area contributed by atoms with Crippen LogP contribution in [0.1, 0.15) is 20.8 Å². The van der Waals surface area contributed by atoms with E-state index in [1.165, 1.54) is 6.33 Å². The van der Waals surface area contributed by atoms with Crippen molar-refractivity contribution in [3.8, 4) is 0 Å². The standard InChI is InChI=1S/C15H12ClN3O2S/c1-8-11-13(17-6-9-2-4-10(16)5-3-9)18-7-19-14(11)22-12(8)15(20)21/h2-5,7H,6H2,1H3,(H,20,21)(H,17,18,19). The van der Waals surface area contributed by atoms with E-state index in [0.29, 0.717) is 32.7 Å². The van der Waals surface area contributed by atoms with E-state index in [4.69, 9.17) is 11.6 Å². The van der Waals surface area contributed by atoms with E-state index >= 15 is 0 Å². The smallest absolute Gasteiger partial charge is 0.346 e. The van der Waals surface area contributed by atoms with Crippen molar-refractivity contribution in [2.75, 3.05) is 5.32 Å². The quantitative estimate of drug-likeness (QED) is 0.755. The number of anilines is 1. The number of thiophene rings is 1. The molecule has 0 saturated heterocycles. The number of hydrogen-bond donors (Lipinski definition) is 2. The van der Waals surface area contributed by atoms with Crippen molar-refractivity contribution in [1.29, 1.82) is 0 Å². The van der Waals surface area contributed by atoms with Gasteiger partial charge in [-0.2, -0.15) is 0 Å². The molecule has 0 radical (unpaired) electrons. The molecule has 22 heavy (non-hydrogen) atoms. The molecular weight excluding hydrogens is 322 g/mol. The van der Waals surface area contributed by atoms with Crippen LogP contribution in [-0.4, -0.2) is 21.0 Å². The van der Waals surface area contributed by atoms with Gasteiger partial charge in [0.25, 0.3) is 0 Å². The number of hydrogen-bond acceptors (Lipinski definition) is 5. The van der Waals surface area contributed by atoms with Crippen molar-refractivity contribution in [2.45, 2.75) is 13.5 Å². The van der Waals surface area contributed by atoms with Gasteiger partial charge in [-0.3, -0.25) is 0 Å². The number of fused-ring (bicyclic) bond motifs is 1. The highest BCUT2D eigenvalue weighted by atomic mass is 35.5. The van der Waals surface area contributed by atoms with Gasteiger partial charge < -0.3 is 10.4 Å². The Morgan fingerprint density at radius 3 is 2.73 bits per heavy atom. The second-order valence-corrected chi connectivity index (χ2v) is 6.18. The first kappa shape index (κ1) is 14.7. The minimum absolute atomic E-state index is 0.296. The largest absolute Gasteiger partial charge is 0.477 e. The number of carboxylic acids is 1. The molecule has 0 atom stereocenters. The van der Waals surface area contributed by atoms with Crippen LogP contribution in [-0.2, 0) is 6.54 Å². The highest BCUT2D eigenvalue weighted by molar-refractivity contribution is 7.20. The first-order chi connectivity index (χ1) is 10.6. The molecular formula is C15H12ClN3O2S. The monoisotopic (exact) mass is 333 g/mol. The number of rotatable bonds is 4. The molecule has 0 saturated carbocycles. The molecule has 2 aromatic heterocycles. The van der Waals surface area contributed by atoms with Crippen molar-refractivity contribution >= 4 is 44.9 Å². The molecule has 7 heteroatoms. The van der Waals surface area contributed by atoms with E-state index < -0.39 is 5.97 Å². The summed E-state index contributed by atoms with van der Waals surface area (Å²) in [6, 6.07) is 7.51. The van der Waals surface area contributed by atoms with Crippen molar-refractivity contribution in [1.82, 2.24) is 9.97 Å². The van der Waals surface area contributed by atoms with Crippen LogP contribution < -0.4 is 5.32 Å². The van der Waals surface area contributed by atoms with Crippen molar-refractivity contribution < 1.29 is 9.90 Å². The summed E-state index contributed by atoms with van der Waals surface area (Å²) in [4.78, 5) is 20.6. The zero-order chi connectivity index (χ0) is 15.7. The fourth-order valence-electron chi connectivity index (χ4n) is 2.20. The molecule has 3 rings (SSSR count). The van der Waals surface area contributed by atoms with Gasteiger partial charge in [0.1, 0.15) is 21.9 Å². The highest BCUT2D eigenvalue weighted by Gasteiger charge is 2.18. The van der Waals surface area contributed by atoms with E-state index in [2.05, 4.69) is 15.3 Å². The second kappa shape index (κ2) is 5.90. The first-order valence-corrected chi connectivity index (χ1v) is 7.71. The van der Waals surface area contributed by atoms with Crippen molar-refractivity contribution in [3.63, 3.8) is 0 Å². The van der Waals surface area contributed by atoms with Crippen molar-refractivity contribution in [3.05, 3.63) is 51.6 Å². The van der Waals surface area contributed by atoms with E-state index in [9.17, 15) is 9.90 Å². The molecule has 2 N–H and O–H groups in total. The second-order valence-electron chi connectivity index (χ2n) is 4.74. The summed E-state index contributed by atoms with van der Waals surface area (Å²) in [7, 11) is 0. The highest BCUT2D eigenvalue weighted by Crippen LogP contribution is 2.33. The number of aromatic carboxylic acids is 1. The van der Waals surface area contributed by atoms with Gasteiger partial charge in [-0.1, -0.05) is 23.7 Å². The third-order valence-electron chi connectivity index (χ3n) is 3.29. The molecule has 0 bridgehead atoms. The number of benzene rings is 1. The average molecular weight is 334 g/mol. The van der Waals surface area contributed by atoms with Gasteiger partial charge in [-0.05, 0) is 30.2 Å². The lowest BCUT2D eigenvalue weighted by Crippen LogP contribution is -2.02. The molecule has 0 aliphatic carbocycles. The zero-order valence-electron chi connectivity index (χ0n) is 11.6. The topological polar surface area (TPSA) is 75.1 Å². The minimum Gasteiger partial charge on any atom is -0.477 e. The maximum Gasteiger partial charge on any atom is 0.346 e. The van der Waals surface area contributed by atoms with Crippen LogP contribution in [0.2, 0.25) is 5.02 Å². The van der Waals surface area contributed by atoms with Gasteiger partial charge in [0, 0.05) is 11.6 Å². The third kappa shape index (κ3) is 2.75.